The molecule has 0 fully saturated rings. The maximum absolute atomic E-state index is 5.17. The van der Waals surface area contributed by atoms with Crippen molar-refractivity contribution in [1.82, 2.24) is 33.2 Å². The Balaban J connectivity index is 0.000000143. The predicted molar refractivity (Wildman–Crippen MR) is 518 cm³/mol. The Kier molecular flexibility index (Phi) is 18.1. The van der Waals surface area contributed by atoms with Gasteiger partial charge in [0.05, 0.1) is 66.9 Å². The molecule has 580 valence electrons. The lowest BCUT2D eigenvalue weighted by atomic mass is 9.98. The van der Waals surface area contributed by atoms with Crippen LogP contribution in [0.4, 0.5) is 0 Å². The topological polar surface area (TPSA) is 58.4 Å². The molecule has 0 bridgehead atoms. The highest BCUT2D eigenvalue weighted by Crippen LogP contribution is 2.45. The van der Waals surface area contributed by atoms with Crippen LogP contribution in [0.25, 0.3) is 222 Å². The van der Waals surface area contributed by atoms with Crippen LogP contribution in [-0.2, 0) is 0 Å². The van der Waals surface area contributed by atoms with Crippen LogP contribution in [0.3, 0.4) is 0 Å². The van der Waals surface area contributed by atoms with Crippen molar-refractivity contribution in [3.8, 4) is 135 Å². The quantitative estimate of drug-likeness (QED) is 0.109. The van der Waals surface area contributed by atoms with E-state index in [2.05, 4.69) is 443 Å². The van der Waals surface area contributed by atoms with E-state index in [0.717, 1.165) is 84.5 Å². The van der Waals surface area contributed by atoms with Gasteiger partial charge in [-0.3, -0.25) is 0 Å². The maximum Gasteiger partial charge on any atom is 0.160 e. The number of nitrogens with zero attached hydrogens (tertiary/aromatic N) is 7. The molecule has 7 heteroatoms. The molecular weight excluding hydrogens is 1500 g/mol. The molecule has 124 heavy (non-hydrogen) atoms. The maximum atomic E-state index is 5.17. The van der Waals surface area contributed by atoms with Gasteiger partial charge in [-0.1, -0.05) is 352 Å². The molecule has 6 aromatic heterocycles. The molecule has 0 saturated carbocycles. The first-order valence-corrected chi connectivity index (χ1v) is 42.3. The number of hydrogen-bond acceptors (Lipinski definition) is 3. The minimum atomic E-state index is 0.714. The lowest BCUT2D eigenvalue weighted by Gasteiger charge is -2.14. The van der Waals surface area contributed by atoms with Crippen molar-refractivity contribution in [1.29, 1.82) is 0 Å². The Labute approximate surface area is 717 Å². The average molecular weight is 1580 g/mol. The summed E-state index contributed by atoms with van der Waals surface area (Å²) in [6.07, 6.45) is 0. The van der Waals surface area contributed by atoms with Gasteiger partial charge in [0.25, 0.3) is 0 Å². The molecule has 24 rings (SSSR count). The van der Waals surface area contributed by atoms with Crippen molar-refractivity contribution in [2.45, 2.75) is 0 Å². The molecule has 24 aromatic rings. The minimum Gasteiger partial charge on any atom is -0.309 e. The summed E-state index contributed by atoms with van der Waals surface area (Å²) in [5.41, 5.74) is 34.8. The Bertz CT molecular complexity index is 7570. The third-order valence-electron chi connectivity index (χ3n) is 24.5. The van der Waals surface area contributed by atoms with Gasteiger partial charge in [-0.15, -0.1) is 0 Å². The highest BCUT2D eigenvalue weighted by Gasteiger charge is 2.23. The van der Waals surface area contributed by atoms with Crippen molar-refractivity contribution in [2.24, 2.45) is 0 Å². The zero-order valence-corrected chi connectivity index (χ0v) is 67.6. The number of hydrogen-bond donors (Lipinski definition) is 0. The third-order valence-corrected chi connectivity index (χ3v) is 24.5. The van der Waals surface area contributed by atoms with Crippen LogP contribution in [0.15, 0.2) is 467 Å². The van der Waals surface area contributed by atoms with Gasteiger partial charge in [0.15, 0.2) is 5.82 Å². The first-order chi connectivity index (χ1) is 61.5. The van der Waals surface area contributed by atoms with Crippen LogP contribution in [0.1, 0.15) is 0 Å². The van der Waals surface area contributed by atoms with E-state index >= 15 is 0 Å². The fourth-order valence-electron chi connectivity index (χ4n) is 18.6. The van der Waals surface area contributed by atoms with Gasteiger partial charge in [0, 0.05) is 105 Å². The number of aromatic nitrogens is 7. The van der Waals surface area contributed by atoms with Crippen LogP contribution >= 0.6 is 0 Å². The van der Waals surface area contributed by atoms with Gasteiger partial charge in [-0.05, 0) is 160 Å². The molecule has 0 aliphatic carbocycles. The summed E-state index contributed by atoms with van der Waals surface area (Å²) in [4.78, 5) is 15.2. The number of pyridine rings is 1. The SMILES string of the molecule is c1ccc(-c2cc(-c3ccc(-c4ccc5c(c4)c4ccccc4n5-c4cccc(-c5cccc6c7ccccc7n(-c7ccccc7)c56)c4)cc3)nc(-c3ccccc3)n2)cc1.c1ccc(-c2cc(-c3ccccc3)nc(-c3ccc(-c4ccc5c(c4)c4ccccc4n5-c4cccc(-c5cccc6c7ccccc7n(-c7ccccc7)c56)c4)cc3)c2)cc1. The van der Waals surface area contributed by atoms with E-state index in [1.165, 1.54) is 132 Å². The van der Waals surface area contributed by atoms with Crippen LogP contribution < -0.4 is 0 Å². The van der Waals surface area contributed by atoms with E-state index in [1.54, 1.807) is 0 Å². The normalized spacial score (nSPS) is 11.5. The summed E-state index contributed by atoms with van der Waals surface area (Å²) in [7, 11) is 0. The summed E-state index contributed by atoms with van der Waals surface area (Å²) in [6.45, 7) is 0. The summed E-state index contributed by atoms with van der Waals surface area (Å²) < 4.78 is 9.67. The van der Waals surface area contributed by atoms with Gasteiger partial charge in [-0.25, -0.2) is 15.0 Å². The number of para-hydroxylation sites is 8. The van der Waals surface area contributed by atoms with Crippen molar-refractivity contribution in [3.05, 3.63) is 467 Å². The molecule has 0 aliphatic heterocycles. The Morgan fingerprint density at radius 1 is 0.137 bits per heavy atom. The van der Waals surface area contributed by atoms with Crippen LogP contribution in [0.2, 0.25) is 0 Å². The molecule has 0 N–H and O–H groups in total. The van der Waals surface area contributed by atoms with E-state index in [0.29, 0.717) is 5.82 Å². The van der Waals surface area contributed by atoms with Crippen molar-refractivity contribution < 1.29 is 0 Å². The fourth-order valence-corrected chi connectivity index (χ4v) is 18.6. The second-order valence-corrected chi connectivity index (χ2v) is 31.8. The standard InChI is InChI=1S/C59H39N3.C58H38N4/c1-4-16-40(17-5-1)46-38-54(42-18-6-2-7-19-42)60-55(39-46)43-32-30-41(31-33-43)44-34-35-58-53(37-44)51-25-11-12-28-56(51)61(58)48-23-14-20-45(36-48)49-26-15-27-52-50-24-10-13-29-57(50)62(59(49)52)47-21-8-3-9-22-47;1-4-16-40(17-5-1)52-38-53(60-58(59-52)42-18-6-2-7-19-42)41-32-30-39(31-33-41)43-34-35-56-51(37-43)49-25-11-12-28-54(49)61(56)46-23-14-20-44(36-46)47-26-15-27-50-48-24-10-13-29-55(48)62(57(47)50)45-21-8-3-9-22-45/h1-39H;1-38H. The molecule has 0 amide bonds. The Morgan fingerprint density at radius 2 is 0.411 bits per heavy atom. The monoisotopic (exact) mass is 1580 g/mol. The molecule has 18 aromatic carbocycles. The van der Waals surface area contributed by atoms with E-state index in [9.17, 15) is 0 Å². The van der Waals surface area contributed by atoms with Gasteiger partial charge < -0.3 is 18.3 Å². The predicted octanol–water partition coefficient (Wildman–Crippen LogP) is 30.6. The highest BCUT2D eigenvalue weighted by molar-refractivity contribution is 6.17. The van der Waals surface area contributed by atoms with Gasteiger partial charge in [-0.2, -0.15) is 0 Å². The molecule has 0 unspecified atom stereocenters. The second-order valence-electron chi connectivity index (χ2n) is 31.8. The fraction of sp³-hybridized carbons (Fsp3) is 0. The van der Waals surface area contributed by atoms with Gasteiger partial charge in [0.1, 0.15) is 0 Å². The number of benzene rings is 18. The van der Waals surface area contributed by atoms with E-state index in [4.69, 9.17) is 15.0 Å². The van der Waals surface area contributed by atoms with Gasteiger partial charge in [0.2, 0.25) is 0 Å². The van der Waals surface area contributed by atoms with Gasteiger partial charge >= 0.3 is 0 Å². The zero-order chi connectivity index (χ0) is 82.0. The van der Waals surface area contributed by atoms with Crippen molar-refractivity contribution in [3.63, 3.8) is 0 Å². The molecule has 0 saturated heterocycles. The lowest BCUT2D eigenvalue weighted by Crippen LogP contribution is -1.97. The van der Waals surface area contributed by atoms with Crippen molar-refractivity contribution in [2.75, 3.05) is 0 Å². The molecule has 0 spiro atoms. The third kappa shape index (κ3) is 13.0. The Hall–Kier alpha value is -16.6. The van der Waals surface area contributed by atoms with Crippen LogP contribution in [0, 0.1) is 0 Å². The van der Waals surface area contributed by atoms with E-state index in [1.807, 2.05) is 42.5 Å². The molecule has 6 heterocycles. The molecule has 0 aliphatic rings. The smallest absolute Gasteiger partial charge is 0.160 e. The van der Waals surface area contributed by atoms with E-state index < -0.39 is 0 Å². The average Bonchev–Trinajstić information content (AvgIpc) is 1.58. The van der Waals surface area contributed by atoms with E-state index in [-0.39, 0.29) is 0 Å². The Morgan fingerprint density at radius 3 is 0.823 bits per heavy atom. The van der Waals surface area contributed by atoms with Crippen LogP contribution in [0.5, 0.6) is 0 Å². The molecule has 7 nitrogen and oxygen atoms in total. The summed E-state index contributed by atoms with van der Waals surface area (Å²) in [5, 5.41) is 9.89. The highest BCUT2D eigenvalue weighted by atomic mass is 15.0. The number of rotatable bonds is 14. The molecular formula is C117H77N7. The molecule has 0 radical (unpaired) electrons. The largest absolute Gasteiger partial charge is 0.309 e. The van der Waals surface area contributed by atoms with Crippen LogP contribution in [-0.4, -0.2) is 33.2 Å². The minimum absolute atomic E-state index is 0.714. The second kappa shape index (κ2) is 31.0. The summed E-state index contributed by atoms with van der Waals surface area (Å²) >= 11 is 0. The zero-order valence-electron chi connectivity index (χ0n) is 67.6. The lowest BCUT2D eigenvalue weighted by molar-refractivity contribution is 1.17. The first-order valence-electron chi connectivity index (χ1n) is 42.3. The van der Waals surface area contributed by atoms with Crippen molar-refractivity contribution >= 4 is 87.2 Å². The summed E-state index contributed by atoms with van der Waals surface area (Å²) in [6, 6.07) is 167. The first kappa shape index (κ1) is 72.6. The molecule has 0 atom stereocenters. The summed E-state index contributed by atoms with van der Waals surface area (Å²) in [5.74, 6) is 0.714. The number of fused-ring (bicyclic) bond motifs is 12.